The first-order chi connectivity index (χ1) is 18.0. The predicted molar refractivity (Wildman–Crippen MR) is 135 cm³/mol. The molecule has 0 aliphatic rings. The summed E-state index contributed by atoms with van der Waals surface area (Å²) in [6.07, 6.45) is 3.25. The van der Waals surface area contributed by atoms with Gasteiger partial charge in [-0.15, -0.1) is 0 Å². The number of benzene rings is 2. The van der Waals surface area contributed by atoms with Crippen molar-refractivity contribution in [2.45, 2.75) is 39.5 Å². The first-order valence-corrected chi connectivity index (χ1v) is 12.4. The molecular weight excluding hydrogens is 480 g/mol. The van der Waals surface area contributed by atoms with E-state index in [1.54, 1.807) is 24.3 Å². The SMILES string of the molecule is CCCCOC(=O)c1ccccc1C(=O)OCCOCCOC(=O)c1ccccc1C(=O)OCCCC. The minimum absolute atomic E-state index is 0.0571. The summed E-state index contributed by atoms with van der Waals surface area (Å²) in [5, 5.41) is 0. The highest BCUT2D eigenvalue weighted by molar-refractivity contribution is 6.03. The van der Waals surface area contributed by atoms with Gasteiger partial charge in [0.15, 0.2) is 0 Å². The summed E-state index contributed by atoms with van der Waals surface area (Å²) in [4.78, 5) is 49.3. The number of esters is 4. The molecule has 0 aromatic heterocycles. The monoisotopic (exact) mass is 514 g/mol. The van der Waals surface area contributed by atoms with Gasteiger partial charge in [-0.25, -0.2) is 19.2 Å². The molecule has 0 saturated heterocycles. The van der Waals surface area contributed by atoms with E-state index in [4.69, 9.17) is 23.7 Å². The Kier molecular flexibility index (Phi) is 13.4. The van der Waals surface area contributed by atoms with Crippen molar-refractivity contribution in [2.24, 2.45) is 0 Å². The zero-order valence-electron chi connectivity index (χ0n) is 21.4. The van der Waals surface area contributed by atoms with Crippen molar-refractivity contribution in [1.82, 2.24) is 0 Å². The molecule has 2 aromatic carbocycles. The van der Waals surface area contributed by atoms with Crippen LogP contribution in [0.15, 0.2) is 48.5 Å². The molecule has 37 heavy (non-hydrogen) atoms. The van der Waals surface area contributed by atoms with Gasteiger partial charge < -0.3 is 23.7 Å². The molecule has 0 bridgehead atoms. The highest BCUT2D eigenvalue weighted by Crippen LogP contribution is 2.14. The lowest BCUT2D eigenvalue weighted by atomic mass is 10.1. The molecule has 9 heteroatoms. The molecule has 0 saturated carbocycles. The van der Waals surface area contributed by atoms with Crippen LogP contribution in [0.3, 0.4) is 0 Å². The van der Waals surface area contributed by atoms with E-state index >= 15 is 0 Å². The van der Waals surface area contributed by atoms with E-state index in [2.05, 4.69) is 0 Å². The molecule has 0 radical (unpaired) electrons. The highest BCUT2D eigenvalue weighted by atomic mass is 16.6. The average molecular weight is 515 g/mol. The van der Waals surface area contributed by atoms with E-state index in [-0.39, 0.29) is 61.9 Å². The van der Waals surface area contributed by atoms with Crippen molar-refractivity contribution in [3.8, 4) is 0 Å². The van der Waals surface area contributed by atoms with Gasteiger partial charge in [-0.1, -0.05) is 51.0 Å². The van der Waals surface area contributed by atoms with E-state index in [1.165, 1.54) is 24.3 Å². The smallest absolute Gasteiger partial charge is 0.339 e. The number of unbranched alkanes of at least 4 members (excludes halogenated alkanes) is 2. The Morgan fingerprint density at radius 3 is 1.08 bits per heavy atom. The summed E-state index contributed by atoms with van der Waals surface area (Å²) in [5.74, 6) is -2.48. The molecule has 2 rings (SSSR count). The first-order valence-electron chi connectivity index (χ1n) is 12.4. The van der Waals surface area contributed by atoms with Gasteiger partial charge in [-0.3, -0.25) is 0 Å². The molecule has 9 nitrogen and oxygen atoms in total. The quantitative estimate of drug-likeness (QED) is 0.180. The Balaban J connectivity index is 1.73. The fraction of sp³-hybridized carbons (Fsp3) is 0.429. The Labute approximate surface area is 217 Å². The highest BCUT2D eigenvalue weighted by Gasteiger charge is 2.20. The van der Waals surface area contributed by atoms with Gasteiger partial charge in [0.25, 0.3) is 0 Å². The summed E-state index contributed by atoms with van der Waals surface area (Å²) in [7, 11) is 0. The van der Waals surface area contributed by atoms with Crippen molar-refractivity contribution in [3.05, 3.63) is 70.8 Å². The molecule has 0 fully saturated rings. The lowest BCUT2D eigenvalue weighted by Crippen LogP contribution is -2.18. The molecule has 2 aromatic rings. The van der Waals surface area contributed by atoms with E-state index in [0.717, 1.165) is 25.7 Å². The van der Waals surface area contributed by atoms with Crippen LogP contribution < -0.4 is 0 Å². The number of carbonyl (C=O) groups is 4. The number of rotatable bonds is 16. The van der Waals surface area contributed by atoms with Crippen LogP contribution in [-0.4, -0.2) is 63.5 Å². The van der Waals surface area contributed by atoms with Crippen LogP contribution in [0, 0.1) is 0 Å². The summed E-state index contributed by atoms with van der Waals surface area (Å²) < 4.78 is 26.1. The number of hydrogen-bond acceptors (Lipinski definition) is 9. The zero-order valence-corrected chi connectivity index (χ0v) is 21.4. The molecule has 0 atom stereocenters. The van der Waals surface area contributed by atoms with E-state index in [1.807, 2.05) is 13.8 Å². The van der Waals surface area contributed by atoms with Gasteiger partial charge in [0.1, 0.15) is 13.2 Å². The normalized spacial score (nSPS) is 10.4. The fourth-order valence-corrected chi connectivity index (χ4v) is 3.10. The molecule has 200 valence electrons. The van der Waals surface area contributed by atoms with Gasteiger partial charge >= 0.3 is 23.9 Å². The maximum atomic E-state index is 12.4. The Morgan fingerprint density at radius 1 is 0.486 bits per heavy atom. The fourth-order valence-electron chi connectivity index (χ4n) is 3.10. The number of ether oxygens (including phenoxy) is 5. The topological polar surface area (TPSA) is 114 Å². The van der Waals surface area contributed by atoms with Crippen molar-refractivity contribution < 1.29 is 42.9 Å². The van der Waals surface area contributed by atoms with Crippen molar-refractivity contribution in [2.75, 3.05) is 39.6 Å². The van der Waals surface area contributed by atoms with Crippen LogP contribution in [0.2, 0.25) is 0 Å². The van der Waals surface area contributed by atoms with Gasteiger partial charge in [0, 0.05) is 0 Å². The standard InChI is InChI=1S/C28H34O9/c1-3-5-15-34-25(29)21-11-7-9-13-23(21)27(31)36-19-17-33-18-20-37-28(32)24-14-10-8-12-22(24)26(30)35-16-6-4-2/h7-14H,3-6,15-20H2,1-2H3. The maximum absolute atomic E-state index is 12.4. The minimum Gasteiger partial charge on any atom is -0.462 e. The molecule has 0 N–H and O–H groups in total. The molecule has 0 spiro atoms. The third-order valence-corrected chi connectivity index (χ3v) is 5.12. The molecular formula is C28H34O9. The average Bonchev–Trinajstić information content (AvgIpc) is 2.92. The summed E-state index contributed by atoms with van der Waals surface area (Å²) in [5.41, 5.74) is 0.520. The van der Waals surface area contributed by atoms with Gasteiger partial charge in [-0.05, 0) is 37.1 Å². The Morgan fingerprint density at radius 2 is 0.784 bits per heavy atom. The van der Waals surface area contributed by atoms with Crippen molar-refractivity contribution >= 4 is 23.9 Å². The summed E-state index contributed by atoms with van der Waals surface area (Å²) in [6.45, 7) is 4.55. The minimum atomic E-state index is -0.666. The molecule has 0 aliphatic carbocycles. The van der Waals surface area contributed by atoms with Crippen LogP contribution in [0.4, 0.5) is 0 Å². The summed E-state index contributed by atoms with van der Waals surface area (Å²) in [6, 6.07) is 12.6. The Bertz CT molecular complexity index is 950. The van der Waals surface area contributed by atoms with Crippen LogP contribution in [0.5, 0.6) is 0 Å². The first kappa shape index (κ1) is 29.5. The maximum Gasteiger partial charge on any atom is 0.339 e. The van der Waals surface area contributed by atoms with Crippen LogP contribution in [-0.2, 0) is 23.7 Å². The second-order valence-corrected chi connectivity index (χ2v) is 7.95. The van der Waals surface area contributed by atoms with E-state index in [9.17, 15) is 19.2 Å². The van der Waals surface area contributed by atoms with Gasteiger partial charge in [0.2, 0.25) is 0 Å². The van der Waals surface area contributed by atoms with Gasteiger partial charge in [-0.2, -0.15) is 0 Å². The zero-order chi connectivity index (χ0) is 26.9. The molecule has 0 aliphatic heterocycles. The summed E-state index contributed by atoms with van der Waals surface area (Å²) >= 11 is 0. The predicted octanol–water partition coefficient (Wildman–Crippen LogP) is 4.63. The number of hydrogen-bond donors (Lipinski definition) is 0. The third-order valence-electron chi connectivity index (χ3n) is 5.12. The van der Waals surface area contributed by atoms with Crippen LogP contribution in [0.1, 0.15) is 81.0 Å². The second kappa shape index (κ2) is 16.9. The Hall–Kier alpha value is -3.72. The second-order valence-electron chi connectivity index (χ2n) is 7.95. The lowest BCUT2D eigenvalue weighted by molar-refractivity contribution is 0.0145. The molecule has 0 unspecified atom stereocenters. The van der Waals surface area contributed by atoms with Crippen LogP contribution in [0.25, 0.3) is 0 Å². The van der Waals surface area contributed by atoms with Crippen LogP contribution >= 0.6 is 0 Å². The van der Waals surface area contributed by atoms with Crippen molar-refractivity contribution in [1.29, 1.82) is 0 Å². The lowest BCUT2D eigenvalue weighted by Gasteiger charge is -2.11. The number of carbonyl (C=O) groups excluding carboxylic acids is 4. The van der Waals surface area contributed by atoms with E-state index < -0.39 is 23.9 Å². The van der Waals surface area contributed by atoms with E-state index in [0.29, 0.717) is 0 Å². The largest absolute Gasteiger partial charge is 0.462 e. The molecule has 0 heterocycles. The van der Waals surface area contributed by atoms with Crippen molar-refractivity contribution in [3.63, 3.8) is 0 Å². The molecule has 0 amide bonds. The van der Waals surface area contributed by atoms with Gasteiger partial charge in [0.05, 0.1) is 48.7 Å². The third kappa shape index (κ3) is 10.0.